The van der Waals surface area contributed by atoms with E-state index in [9.17, 15) is 8.42 Å². The van der Waals surface area contributed by atoms with Crippen LogP contribution in [0.5, 0.6) is 11.6 Å². The van der Waals surface area contributed by atoms with Gasteiger partial charge in [-0.1, -0.05) is 26.0 Å². The van der Waals surface area contributed by atoms with Gasteiger partial charge in [-0.05, 0) is 48.7 Å². The summed E-state index contributed by atoms with van der Waals surface area (Å²) in [6, 6.07) is 14.5. The van der Waals surface area contributed by atoms with Gasteiger partial charge in [0.1, 0.15) is 11.6 Å². The van der Waals surface area contributed by atoms with E-state index in [1.165, 1.54) is 0 Å². The number of para-hydroxylation sites is 1. The number of nitrogens with zero attached hydrogens (tertiary/aromatic N) is 4. The molecule has 188 valence electrons. The molecule has 1 aliphatic heterocycles. The summed E-state index contributed by atoms with van der Waals surface area (Å²) in [6.07, 6.45) is 1.65. The molecule has 9 heteroatoms. The molecule has 4 rings (SSSR count). The van der Waals surface area contributed by atoms with Crippen LogP contribution < -0.4 is 9.47 Å². The van der Waals surface area contributed by atoms with Crippen LogP contribution in [0.4, 0.5) is 0 Å². The molecule has 0 aliphatic carbocycles. The maximum atomic E-state index is 13.0. The third-order valence-corrected chi connectivity index (χ3v) is 8.14. The maximum Gasteiger partial charge on any atom is 0.243 e. The summed E-state index contributed by atoms with van der Waals surface area (Å²) in [5, 5.41) is 0.928. The van der Waals surface area contributed by atoms with E-state index in [1.54, 1.807) is 35.7 Å². The quantitative estimate of drug-likeness (QED) is 0.422. The number of methoxy groups -OCH3 is 1. The van der Waals surface area contributed by atoms with E-state index in [0.29, 0.717) is 61.6 Å². The van der Waals surface area contributed by atoms with Crippen LogP contribution in [-0.2, 0) is 16.4 Å². The molecule has 2 aromatic carbocycles. The second kappa shape index (κ2) is 11.3. The molecule has 1 fully saturated rings. The smallest absolute Gasteiger partial charge is 0.243 e. The Balaban J connectivity index is 1.36. The van der Waals surface area contributed by atoms with Crippen molar-refractivity contribution in [1.82, 2.24) is 19.2 Å². The topological polar surface area (TPSA) is 84.9 Å². The first kappa shape index (κ1) is 25.3. The van der Waals surface area contributed by atoms with Gasteiger partial charge in [-0.3, -0.25) is 0 Å². The zero-order valence-corrected chi connectivity index (χ0v) is 21.5. The standard InChI is InChI=1S/C26H34N4O4S/c1-20(2)13-19-34-26-23-6-4-5-7-24(23)27-25(28-26)12-14-29-15-17-30(18-16-29)35(31,32)22-10-8-21(33-3)9-11-22/h4-11,20H,12-19H2,1-3H3. The van der Waals surface area contributed by atoms with Gasteiger partial charge in [-0.25, -0.2) is 13.4 Å². The van der Waals surface area contributed by atoms with Crippen molar-refractivity contribution >= 4 is 20.9 Å². The highest BCUT2D eigenvalue weighted by Crippen LogP contribution is 2.24. The van der Waals surface area contributed by atoms with E-state index in [-0.39, 0.29) is 0 Å². The average molecular weight is 499 g/mol. The highest BCUT2D eigenvalue weighted by molar-refractivity contribution is 7.89. The largest absolute Gasteiger partial charge is 0.497 e. The van der Waals surface area contributed by atoms with Crippen LogP contribution in [0, 0.1) is 5.92 Å². The molecular weight excluding hydrogens is 464 g/mol. The van der Waals surface area contributed by atoms with Gasteiger partial charge in [-0.15, -0.1) is 0 Å². The van der Waals surface area contributed by atoms with Crippen LogP contribution in [-0.4, -0.2) is 74.0 Å². The molecule has 1 saturated heterocycles. The highest BCUT2D eigenvalue weighted by atomic mass is 32.2. The molecule has 0 N–H and O–H groups in total. The number of benzene rings is 2. The van der Waals surface area contributed by atoms with Gasteiger partial charge in [0, 0.05) is 39.1 Å². The molecular formula is C26H34N4O4S. The average Bonchev–Trinajstić information content (AvgIpc) is 2.87. The SMILES string of the molecule is COc1ccc(S(=O)(=O)N2CCN(CCc3nc(OCCC(C)C)c4ccccc4n3)CC2)cc1. The molecule has 0 saturated carbocycles. The van der Waals surface area contributed by atoms with Crippen molar-refractivity contribution in [1.29, 1.82) is 0 Å². The van der Waals surface area contributed by atoms with Gasteiger partial charge in [-0.2, -0.15) is 9.29 Å². The minimum atomic E-state index is -3.51. The number of rotatable bonds is 10. The fourth-order valence-electron chi connectivity index (χ4n) is 4.05. The molecule has 3 aromatic rings. The number of ether oxygens (including phenoxy) is 2. The zero-order chi connectivity index (χ0) is 24.8. The predicted molar refractivity (Wildman–Crippen MR) is 136 cm³/mol. The third-order valence-electron chi connectivity index (χ3n) is 6.23. The Hall–Kier alpha value is -2.75. The fourth-order valence-corrected chi connectivity index (χ4v) is 5.48. The molecule has 1 aromatic heterocycles. The number of sulfonamides is 1. The van der Waals surface area contributed by atoms with E-state index in [0.717, 1.165) is 29.7 Å². The van der Waals surface area contributed by atoms with E-state index in [4.69, 9.17) is 19.4 Å². The molecule has 8 nitrogen and oxygen atoms in total. The van der Waals surface area contributed by atoms with E-state index < -0.39 is 10.0 Å². The molecule has 0 radical (unpaired) electrons. The van der Waals surface area contributed by atoms with Crippen LogP contribution >= 0.6 is 0 Å². The number of fused-ring (bicyclic) bond motifs is 1. The van der Waals surface area contributed by atoms with E-state index >= 15 is 0 Å². The summed E-state index contributed by atoms with van der Waals surface area (Å²) in [5.74, 6) is 2.59. The molecule has 0 amide bonds. The lowest BCUT2D eigenvalue weighted by Crippen LogP contribution is -2.49. The summed E-state index contributed by atoms with van der Waals surface area (Å²) >= 11 is 0. The minimum absolute atomic E-state index is 0.293. The molecule has 0 atom stereocenters. The number of hydrogen-bond donors (Lipinski definition) is 0. The lowest BCUT2D eigenvalue weighted by Gasteiger charge is -2.33. The van der Waals surface area contributed by atoms with Crippen molar-refractivity contribution in [3.63, 3.8) is 0 Å². The van der Waals surface area contributed by atoms with Gasteiger partial charge >= 0.3 is 0 Å². The van der Waals surface area contributed by atoms with Gasteiger partial charge in [0.05, 0.1) is 29.5 Å². The van der Waals surface area contributed by atoms with Gasteiger partial charge in [0.2, 0.25) is 15.9 Å². The summed E-state index contributed by atoms with van der Waals surface area (Å²) < 4.78 is 38.7. The van der Waals surface area contributed by atoms with E-state index in [1.807, 2.05) is 24.3 Å². The van der Waals surface area contributed by atoms with Gasteiger partial charge in [0.25, 0.3) is 0 Å². The van der Waals surface area contributed by atoms with Crippen LogP contribution in [0.2, 0.25) is 0 Å². The van der Waals surface area contributed by atoms with Gasteiger partial charge in [0.15, 0.2) is 0 Å². The first-order chi connectivity index (χ1) is 16.9. The number of hydrogen-bond acceptors (Lipinski definition) is 7. The molecule has 1 aliphatic rings. The lowest BCUT2D eigenvalue weighted by molar-refractivity contribution is 0.189. The monoisotopic (exact) mass is 498 g/mol. The van der Waals surface area contributed by atoms with Crippen molar-refractivity contribution in [3.05, 3.63) is 54.4 Å². The Morgan fingerprint density at radius 3 is 2.37 bits per heavy atom. The van der Waals surface area contributed by atoms with Crippen molar-refractivity contribution in [2.24, 2.45) is 5.92 Å². The normalized spacial score (nSPS) is 15.5. The van der Waals surface area contributed by atoms with Crippen molar-refractivity contribution in [3.8, 4) is 11.6 Å². The van der Waals surface area contributed by atoms with Crippen molar-refractivity contribution < 1.29 is 17.9 Å². The zero-order valence-electron chi connectivity index (χ0n) is 20.7. The number of piperazine rings is 1. The van der Waals surface area contributed by atoms with Crippen LogP contribution in [0.25, 0.3) is 10.9 Å². The molecule has 0 bridgehead atoms. The Morgan fingerprint density at radius 1 is 0.971 bits per heavy atom. The first-order valence-electron chi connectivity index (χ1n) is 12.1. The molecule has 0 unspecified atom stereocenters. The Kier molecular flexibility index (Phi) is 8.20. The molecule has 2 heterocycles. The second-order valence-corrected chi connectivity index (χ2v) is 11.1. The van der Waals surface area contributed by atoms with Crippen molar-refractivity contribution in [2.45, 2.75) is 31.6 Å². The highest BCUT2D eigenvalue weighted by Gasteiger charge is 2.28. The summed E-state index contributed by atoms with van der Waals surface area (Å²) in [5.41, 5.74) is 0.882. The maximum absolute atomic E-state index is 13.0. The summed E-state index contributed by atoms with van der Waals surface area (Å²) in [6.45, 7) is 7.99. The van der Waals surface area contributed by atoms with Crippen molar-refractivity contribution in [2.75, 3.05) is 46.4 Å². The fraction of sp³-hybridized carbons (Fsp3) is 0.462. The predicted octanol–water partition coefficient (Wildman–Crippen LogP) is 3.61. The third kappa shape index (κ3) is 6.28. The Morgan fingerprint density at radius 2 is 1.69 bits per heavy atom. The van der Waals surface area contributed by atoms with E-state index in [2.05, 4.69) is 18.7 Å². The Labute approximate surface area is 207 Å². The van der Waals surface area contributed by atoms with Crippen LogP contribution in [0.15, 0.2) is 53.4 Å². The summed E-state index contributed by atoms with van der Waals surface area (Å²) in [4.78, 5) is 12.0. The van der Waals surface area contributed by atoms with Crippen LogP contribution in [0.3, 0.4) is 0 Å². The molecule has 0 spiro atoms. The lowest BCUT2D eigenvalue weighted by atomic mass is 10.1. The number of aromatic nitrogens is 2. The minimum Gasteiger partial charge on any atom is -0.497 e. The first-order valence-corrected chi connectivity index (χ1v) is 13.6. The second-order valence-electron chi connectivity index (χ2n) is 9.16. The Bertz CT molecular complexity index is 1220. The summed E-state index contributed by atoms with van der Waals surface area (Å²) in [7, 11) is -1.95. The van der Waals surface area contributed by atoms with Gasteiger partial charge < -0.3 is 14.4 Å². The van der Waals surface area contributed by atoms with Crippen LogP contribution in [0.1, 0.15) is 26.1 Å². The molecule has 35 heavy (non-hydrogen) atoms.